The van der Waals surface area contributed by atoms with Crippen LogP contribution < -0.4 is 19.9 Å². The van der Waals surface area contributed by atoms with Crippen LogP contribution in [0.25, 0.3) is 10.9 Å². The molecule has 0 atom stereocenters. The van der Waals surface area contributed by atoms with E-state index in [9.17, 15) is 27.6 Å². The quantitative estimate of drug-likeness (QED) is 0.536. The highest BCUT2D eigenvalue weighted by Gasteiger charge is 2.31. The van der Waals surface area contributed by atoms with E-state index in [4.69, 9.17) is 4.74 Å². The van der Waals surface area contributed by atoms with Crippen molar-refractivity contribution < 1.29 is 27.0 Å². The van der Waals surface area contributed by atoms with Crippen LogP contribution in [0.4, 0.5) is 23.2 Å². The highest BCUT2D eigenvalue weighted by Crippen LogP contribution is 2.32. The maximum Gasteiger partial charge on any atom is 0.573 e. The van der Waals surface area contributed by atoms with E-state index in [1.807, 2.05) is 11.0 Å². The van der Waals surface area contributed by atoms with Crippen LogP contribution in [0.3, 0.4) is 0 Å². The zero-order valence-electron chi connectivity index (χ0n) is 17.5. The van der Waals surface area contributed by atoms with Crippen molar-refractivity contribution in [1.82, 2.24) is 4.57 Å². The summed E-state index contributed by atoms with van der Waals surface area (Å²) in [4.78, 5) is 14.6. The second kappa shape index (κ2) is 8.65. The van der Waals surface area contributed by atoms with Gasteiger partial charge < -0.3 is 18.9 Å². The number of pyridine rings is 1. The van der Waals surface area contributed by atoms with Crippen molar-refractivity contribution >= 4 is 16.6 Å². The minimum atomic E-state index is -4.76. The van der Waals surface area contributed by atoms with Crippen LogP contribution in [0, 0.1) is 17.1 Å². The zero-order valence-corrected chi connectivity index (χ0v) is 17.5. The van der Waals surface area contributed by atoms with E-state index in [2.05, 4.69) is 4.74 Å². The number of anilines is 1. The van der Waals surface area contributed by atoms with Crippen LogP contribution in [0.2, 0.25) is 0 Å². The molecule has 0 amide bonds. The molecule has 6 nitrogen and oxygen atoms in total. The summed E-state index contributed by atoms with van der Waals surface area (Å²) < 4.78 is 61.7. The van der Waals surface area contributed by atoms with Crippen molar-refractivity contribution in [1.29, 1.82) is 5.26 Å². The van der Waals surface area contributed by atoms with Gasteiger partial charge in [0.1, 0.15) is 35.1 Å². The molecule has 1 fully saturated rings. The minimum Gasteiger partial charge on any atom is -0.490 e. The van der Waals surface area contributed by atoms with Gasteiger partial charge in [0.25, 0.3) is 5.56 Å². The Morgan fingerprint density at radius 1 is 1.06 bits per heavy atom. The van der Waals surface area contributed by atoms with Crippen molar-refractivity contribution in [2.75, 3.05) is 18.0 Å². The smallest absolute Gasteiger partial charge is 0.490 e. The highest BCUT2D eigenvalue weighted by atomic mass is 19.4. The summed E-state index contributed by atoms with van der Waals surface area (Å²) in [5, 5.41) is 10.2. The summed E-state index contributed by atoms with van der Waals surface area (Å²) in [6, 6.07) is 11.3. The van der Waals surface area contributed by atoms with Gasteiger partial charge in [-0.1, -0.05) is 0 Å². The number of benzene rings is 2. The lowest BCUT2D eigenvalue weighted by Gasteiger charge is -2.35. The Labute approximate surface area is 186 Å². The Balaban J connectivity index is 1.51. The van der Waals surface area contributed by atoms with Crippen molar-refractivity contribution in [2.45, 2.75) is 25.3 Å². The average molecular weight is 461 g/mol. The number of nitrogens with zero attached hydrogens (tertiary/aromatic N) is 3. The maximum absolute atomic E-state index is 13.8. The minimum absolute atomic E-state index is 0.00349. The first-order valence-corrected chi connectivity index (χ1v) is 10.2. The fourth-order valence-corrected chi connectivity index (χ4v) is 4.03. The fourth-order valence-electron chi connectivity index (χ4n) is 4.03. The average Bonchev–Trinajstić information content (AvgIpc) is 2.77. The molecule has 4 rings (SSSR count). The SMILES string of the molecule is Cn1c(=O)c(C#N)c(N2CCC(Oc3ccc(OC(F)(F)F)cc3)CC2)c2ccc(F)cc21. The first-order valence-electron chi connectivity index (χ1n) is 10.2. The normalized spacial score (nSPS) is 14.8. The Hall–Kier alpha value is -3.74. The summed E-state index contributed by atoms with van der Waals surface area (Å²) >= 11 is 0. The third kappa shape index (κ3) is 4.72. The summed E-state index contributed by atoms with van der Waals surface area (Å²) in [6.07, 6.45) is -3.84. The molecule has 10 heteroatoms. The van der Waals surface area contributed by atoms with E-state index in [1.54, 1.807) is 6.07 Å². The van der Waals surface area contributed by atoms with E-state index < -0.39 is 17.7 Å². The van der Waals surface area contributed by atoms with E-state index in [0.717, 1.165) is 0 Å². The molecule has 1 saturated heterocycles. The first kappa shape index (κ1) is 22.5. The highest BCUT2D eigenvalue weighted by molar-refractivity contribution is 5.95. The van der Waals surface area contributed by atoms with Gasteiger partial charge in [-0.3, -0.25) is 4.79 Å². The molecule has 0 spiro atoms. The third-order valence-electron chi connectivity index (χ3n) is 5.56. The largest absolute Gasteiger partial charge is 0.573 e. The number of fused-ring (bicyclic) bond motifs is 1. The number of nitriles is 1. The second-order valence-electron chi connectivity index (χ2n) is 7.68. The lowest BCUT2D eigenvalue weighted by atomic mass is 10.0. The number of rotatable bonds is 4. The molecule has 3 aromatic rings. The molecule has 2 heterocycles. The lowest BCUT2D eigenvalue weighted by molar-refractivity contribution is -0.274. The second-order valence-corrected chi connectivity index (χ2v) is 7.68. The predicted molar refractivity (Wildman–Crippen MR) is 113 cm³/mol. The van der Waals surface area contributed by atoms with Gasteiger partial charge in [0.2, 0.25) is 0 Å². The number of piperidine rings is 1. The zero-order chi connectivity index (χ0) is 23.8. The predicted octanol–water partition coefficient (Wildman–Crippen LogP) is 4.50. The van der Waals surface area contributed by atoms with Crippen molar-refractivity contribution in [3.8, 4) is 17.6 Å². The molecule has 1 aromatic heterocycles. The van der Waals surface area contributed by atoms with Gasteiger partial charge in [-0.15, -0.1) is 13.2 Å². The molecular weight excluding hydrogens is 442 g/mol. The molecule has 0 radical (unpaired) electrons. The number of hydrogen-bond donors (Lipinski definition) is 0. The monoisotopic (exact) mass is 461 g/mol. The topological polar surface area (TPSA) is 67.5 Å². The van der Waals surface area contributed by atoms with E-state index in [1.165, 1.54) is 48.0 Å². The first-order chi connectivity index (χ1) is 15.7. The molecule has 0 N–H and O–H groups in total. The van der Waals surface area contributed by atoms with Crippen molar-refractivity contribution in [3.05, 3.63) is 64.2 Å². The van der Waals surface area contributed by atoms with Gasteiger partial charge in [0.15, 0.2) is 0 Å². The molecule has 33 heavy (non-hydrogen) atoms. The maximum atomic E-state index is 13.8. The van der Waals surface area contributed by atoms with Gasteiger partial charge in [-0.2, -0.15) is 5.26 Å². The van der Waals surface area contributed by atoms with Gasteiger partial charge in [-0.05, 0) is 42.5 Å². The van der Waals surface area contributed by atoms with Crippen LogP contribution in [0.1, 0.15) is 18.4 Å². The summed E-state index contributed by atoms with van der Waals surface area (Å²) in [7, 11) is 1.50. The number of alkyl halides is 3. The van der Waals surface area contributed by atoms with Gasteiger partial charge in [-0.25, -0.2) is 4.39 Å². The third-order valence-corrected chi connectivity index (χ3v) is 5.56. The van der Waals surface area contributed by atoms with Crippen LogP contribution in [0.15, 0.2) is 47.3 Å². The molecule has 0 saturated carbocycles. The molecule has 0 aliphatic carbocycles. The molecule has 1 aliphatic rings. The molecule has 1 aliphatic heterocycles. The van der Waals surface area contributed by atoms with Crippen LogP contribution in [0.5, 0.6) is 11.5 Å². The van der Waals surface area contributed by atoms with Crippen molar-refractivity contribution in [3.63, 3.8) is 0 Å². The lowest BCUT2D eigenvalue weighted by Crippen LogP contribution is -2.40. The van der Waals surface area contributed by atoms with Crippen molar-refractivity contribution in [2.24, 2.45) is 7.05 Å². The Morgan fingerprint density at radius 2 is 1.70 bits per heavy atom. The van der Waals surface area contributed by atoms with E-state index in [-0.39, 0.29) is 17.4 Å². The number of aryl methyl sites for hydroxylation is 1. The summed E-state index contributed by atoms with van der Waals surface area (Å²) in [5.74, 6) is -0.398. The Morgan fingerprint density at radius 3 is 2.30 bits per heavy atom. The Bertz CT molecular complexity index is 1270. The van der Waals surface area contributed by atoms with Gasteiger partial charge in [0.05, 0.1) is 11.2 Å². The number of halogens is 4. The standard InChI is InChI=1S/C23H19F4N3O3/c1-29-20-12-14(24)2-7-18(20)21(19(13-28)22(29)31)30-10-8-16(9-11-30)32-15-3-5-17(6-4-15)33-23(25,26)27/h2-7,12,16H,8-11H2,1H3. The molecule has 0 bridgehead atoms. The summed E-state index contributed by atoms with van der Waals surface area (Å²) in [5.41, 5.74) is 0.373. The van der Waals surface area contributed by atoms with E-state index >= 15 is 0 Å². The molecule has 2 aromatic carbocycles. The number of hydrogen-bond acceptors (Lipinski definition) is 5. The van der Waals surface area contributed by atoms with Gasteiger partial charge >= 0.3 is 6.36 Å². The van der Waals surface area contributed by atoms with Crippen LogP contribution in [-0.4, -0.2) is 30.1 Å². The molecule has 172 valence electrons. The molecule has 0 unspecified atom stereocenters. The summed E-state index contributed by atoms with van der Waals surface area (Å²) in [6.45, 7) is 0.961. The van der Waals surface area contributed by atoms with Crippen LogP contribution >= 0.6 is 0 Å². The molecular formula is C23H19F4N3O3. The number of ether oxygens (including phenoxy) is 2. The van der Waals surface area contributed by atoms with E-state index in [0.29, 0.717) is 48.3 Å². The Kier molecular flexibility index (Phi) is 5.89. The fraction of sp³-hybridized carbons (Fsp3) is 0.304. The van der Waals surface area contributed by atoms with Gasteiger partial charge in [0, 0.05) is 38.4 Å². The van der Waals surface area contributed by atoms with Crippen LogP contribution in [-0.2, 0) is 7.05 Å². The number of aromatic nitrogens is 1.